The lowest BCUT2D eigenvalue weighted by atomic mass is 10.1. The highest BCUT2D eigenvalue weighted by atomic mass is 32.1. The van der Waals surface area contributed by atoms with Gasteiger partial charge in [0.1, 0.15) is 0 Å². The highest BCUT2D eigenvalue weighted by Crippen LogP contribution is 2.25. The Bertz CT molecular complexity index is 439. The van der Waals surface area contributed by atoms with Crippen LogP contribution >= 0.6 is 11.3 Å². The Hall–Kier alpha value is -1.14. The smallest absolute Gasteiger partial charge is 0.358 e. The number of anilines is 1. The first kappa shape index (κ1) is 14.3. The van der Waals surface area contributed by atoms with E-state index in [1.54, 1.807) is 6.92 Å². The monoisotopic (exact) mass is 283 g/mol. The number of esters is 1. The van der Waals surface area contributed by atoms with Gasteiger partial charge in [0.2, 0.25) is 0 Å². The maximum Gasteiger partial charge on any atom is 0.358 e. The summed E-state index contributed by atoms with van der Waals surface area (Å²) < 4.78 is 5.00. The first-order valence-electron chi connectivity index (χ1n) is 6.69. The van der Waals surface area contributed by atoms with Crippen molar-refractivity contribution in [2.75, 3.05) is 32.1 Å². The Kier molecular flexibility index (Phi) is 4.76. The van der Waals surface area contributed by atoms with Gasteiger partial charge in [-0.2, -0.15) is 0 Å². The summed E-state index contributed by atoms with van der Waals surface area (Å²) in [5.74, 6) is -0.326. The van der Waals surface area contributed by atoms with Gasteiger partial charge < -0.3 is 15.0 Å². The molecule has 1 aliphatic rings. The first-order valence-corrected chi connectivity index (χ1v) is 7.51. The van der Waals surface area contributed by atoms with E-state index in [4.69, 9.17) is 4.74 Å². The summed E-state index contributed by atoms with van der Waals surface area (Å²) >= 11 is 1.53. The zero-order chi connectivity index (χ0) is 13.8. The Morgan fingerprint density at radius 2 is 2.21 bits per heavy atom. The Labute approximate surface area is 118 Å². The van der Waals surface area contributed by atoms with Gasteiger partial charge in [0.15, 0.2) is 10.8 Å². The van der Waals surface area contributed by atoms with Crippen LogP contribution in [0, 0.1) is 6.92 Å². The maximum absolute atomic E-state index is 11.7. The SMILES string of the molecule is CCOC(=O)c1nc(NC2CCN(C)CC2)sc1C. The zero-order valence-electron chi connectivity index (χ0n) is 11.7. The van der Waals surface area contributed by atoms with Crippen LogP contribution in [0.5, 0.6) is 0 Å². The van der Waals surface area contributed by atoms with Crippen LogP contribution in [0.1, 0.15) is 35.1 Å². The van der Waals surface area contributed by atoms with Crippen LogP contribution in [0.4, 0.5) is 5.13 Å². The number of nitrogens with one attached hydrogen (secondary N) is 1. The Morgan fingerprint density at radius 1 is 1.53 bits per heavy atom. The maximum atomic E-state index is 11.7. The fourth-order valence-corrected chi connectivity index (χ4v) is 3.05. The third-order valence-corrected chi connectivity index (χ3v) is 4.21. The summed E-state index contributed by atoms with van der Waals surface area (Å²) in [6.45, 7) is 6.30. The van der Waals surface area contributed by atoms with E-state index >= 15 is 0 Å². The Balaban J connectivity index is 1.98. The number of hydrogen-bond donors (Lipinski definition) is 1. The topological polar surface area (TPSA) is 54.5 Å². The van der Waals surface area contributed by atoms with Crippen LogP contribution < -0.4 is 5.32 Å². The molecule has 1 aliphatic heterocycles. The minimum absolute atomic E-state index is 0.326. The van der Waals surface area contributed by atoms with Crippen LogP contribution in [0.2, 0.25) is 0 Å². The van der Waals surface area contributed by atoms with Crippen molar-refractivity contribution >= 4 is 22.4 Å². The van der Waals surface area contributed by atoms with Crippen molar-refractivity contribution in [1.82, 2.24) is 9.88 Å². The molecule has 6 heteroatoms. The van der Waals surface area contributed by atoms with Gasteiger partial charge in [-0.3, -0.25) is 0 Å². The molecule has 2 rings (SSSR count). The number of likely N-dealkylation sites (tertiary alicyclic amines) is 1. The molecular formula is C13H21N3O2S. The van der Waals surface area contributed by atoms with Crippen molar-refractivity contribution in [2.24, 2.45) is 0 Å². The second kappa shape index (κ2) is 6.34. The van der Waals surface area contributed by atoms with E-state index < -0.39 is 0 Å². The van der Waals surface area contributed by atoms with Crippen molar-refractivity contribution < 1.29 is 9.53 Å². The highest BCUT2D eigenvalue weighted by Gasteiger charge is 2.20. The number of carbonyl (C=O) groups excluding carboxylic acids is 1. The fourth-order valence-electron chi connectivity index (χ4n) is 2.17. The molecule has 1 aromatic heterocycles. The predicted molar refractivity (Wildman–Crippen MR) is 76.9 cm³/mol. The van der Waals surface area contributed by atoms with Gasteiger partial charge in [-0.25, -0.2) is 9.78 Å². The van der Waals surface area contributed by atoms with E-state index in [-0.39, 0.29) is 5.97 Å². The van der Waals surface area contributed by atoms with Crippen LogP contribution in [0.25, 0.3) is 0 Å². The molecule has 106 valence electrons. The van der Waals surface area contributed by atoms with Crippen molar-refractivity contribution in [3.8, 4) is 0 Å². The minimum Gasteiger partial charge on any atom is -0.461 e. The molecule has 1 saturated heterocycles. The summed E-state index contributed by atoms with van der Waals surface area (Å²) in [6, 6.07) is 0.455. The average Bonchev–Trinajstić information content (AvgIpc) is 2.74. The van der Waals surface area contributed by atoms with E-state index in [1.165, 1.54) is 11.3 Å². The molecule has 0 aromatic carbocycles. The molecule has 0 saturated carbocycles. The van der Waals surface area contributed by atoms with E-state index in [1.807, 2.05) is 6.92 Å². The summed E-state index contributed by atoms with van der Waals surface area (Å²) in [5.41, 5.74) is 0.447. The predicted octanol–water partition coefficient (Wildman–Crippen LogP) is 2.13. The van der Waals surface area contributed by atoms with Crippen molar-refractivity contribution in [3.05, 3.63) is 10.6 Å². The molecule has 19 heavy (non-hydrogen) atoms. The lowest BCUT2D eigenvalue weighted by Crippen LogP contribution is -2.36. The van der Waals surface area contributed by atoms with Crippen LogP contribution in [0.3, 0.4) is 0 Å². The number of piperidine rings is 1. The molecule has 0 atom stereocenters. The van der Waals surface area contributed by atoms with Crippen molar-refractivity contribution in [3.63, 3.8) is 0 Å². The van der Waals surface area contributed by atoms with E-state index in [9.17, 15) is 4.79 Å². The van der Waals surface area contributed by atoms with Gasteiger partial charge in [0.05, 0.1) is 6.61 Å². The third kappa shape index (κ3) is 3.67. The number of ether oxygens (including phenoxy) is 1. The van der Waals surface area contributed by atoms with E-state index in [0.717, 1.165) is 35.9 Å². The van der Waals surface area contributed by atoms with E-state index in [2.05, 4.69) is 22.2 Å². The lowest BCUT2D eigenvalue weighted by molar-refractivity contribution is 0.0519. The first-order chi connectivity index (χ1) is 9.10. The largest absolute Gasteiger partial charge is 0.461 e. The lowest BCUT2D eigenvalue weighted by Gasteiger charge is -2.29. The quantitative estimate of drug-likeness (QED) is 0.858. The van der Waals surface area contributed by atoms with Crippen molar-refractivity contribution in [1.29, 1.82) is 0 Å². The molecule has 1 aromatic rings. The number of nitrogens with zero attached hydrogens (tertiary/aromatic N) is 2. The molecule has 0 amide bonds. The molecule has 0 unspecified atom stereocenters. The van der Waals surface area contributed by atoms with Gasteiger partial charge in [0, 0.05) is 10.9 Å². The average molecular weight is 283 g/mol. The number of rotatable bonds is 4. The van der Waals surface area contributed by atoms with Crippen LogP contribution in [-0.2, 0) is 4.74 Å². The standard InChI is InChI=1S/C13H21N3O2S/c1-4-18-12(17)11-9(2)19-13(15-11)14-10-5-7-16(3)8-6-10/h10H,4-8H2,1-3H3,(H,14,15). The summed E-state index contributed by atoms with van der Waals surface area (Å²) in [7, 11) is 2.14. The number of aryl methyl sites for hydroxylation is 1. The number of carbonyl (C=O) groups is 1. The molecule has 0 radical (unpaired) electrons. The summed E-state index contributed by atoms with van der Waals surface area (Å²) in [6.07, 6.45) is 2.23. The minimum atomic E-state index is -0.326. The van der Waals surface area contributed by atoms with Crippen molar-refractivity contribution in [2.45, 2.75) is 32.7 Å². The number of aromatic nitrogens is 1. The Morgan fingerprint density at radius 3 is 2.84 bits per heavy atom. The van der Waals surface area contributed by atoms with Crippen LogP contribution in [0.15, 0.2) is 0 Å². The molecular weight excluding hydrogens is 262 g/mol. The van der Waals surface area contributed by atoms with Gasteiger partial charge >= 0.3 is 5.97 Å². The number of hydrogen-bond acceptors (Lipinski definition) is 6. The summed E-state index contributed by atoms with van der Waals surface area (Å²) in [5, 5.41) is 4.26. The number of thiazole rings is 1. The fraction of sp³-hybridized carbons (Fsp3) is 0.692. The second-order valence-corrected chi connectivity index (χ2v) is 6.07. The normalized spacial score (nSPS) is 17.4. The second-order valence-electron chi connectivity index (χ2n) is 4.87. The molecule has 1 fully saturated rings. The third-order valence-electron chi connectivity index (χ3n) is 3.31. The zero-order valence-corrected chi connectivity index (χ0v) is 12.5. The molecule has 2 heterocycles. The van der Waals surface area contributed by atoms with Gasteiger partial charge in [-0.05, 0) is 46.8 Å². The molecule has 0 aliphatic carbocycles. The van der Waals surface area contributed by atoms with Gasteiger partial charge in [-0.15, -0.1) is 11.3 Å². The molecule has 0 spiro atoms. The molecule has 5 nitrogen and oxygen atoms in total. The highest BCUT2D eigenvalue weighted by molar-refractivity contribution is 7.15. The summed E-state index contributed by atoms with van der Waals surface area (Å²) in [4.78, 5) is 19.3. The molecule has 1 N–H and O–H groups in total. The molecule has 0 bridgehead atoms. The van der Waals surface area contributed by atoms with Crippen LogP contribution in [-0.4, -0.2) is 48.6 Å². The van der Waals surface area contributed by atoms with Gasteiger partial charge in [0.25, 0.3) is 0 Å². The van der Waals surface area contributed by atoms with Gasteiger partial charge in [-0.1, -0.05) is 0 Å². The van der Waals surface area contributed by atoms with E-state index in [0.29, 0.717) is 18.3 Å².